The molecular weight excluding hydrogens is 506 g/mol. The Hall–Kier alpha value is -3.14. The molecule has 0 aliphatic rings. The average molecular weight is 552 g/mol. The Balaban J connectivity index is 2.84. The van der Waals surface area contributed by atoms with E-state index in [0.29, 0.717) is 30.2 Å². The third kappa shape index (κ3) is 15.1. The molecule has 1 rings (SSSR count). The van der Waals surface area contributed by atoms with Gasteiger partial charge >= 0.3 is 24.1 Å². The van der Waals surface area contributed by atoms with E-state index < -0.39 is 41.8 Å². The monoisotopic (exact) mass is 551 g/mol. The van der Waals surface area contributed by atoms with Crippen LogP contribution in [-0.2, 0) is 35.0 Å². The maximum Gasteiger partial charge on any atom is 0.509 e. The van der Waals surface area contributed by atoms with E-state index in [1.54, 1.807) is 33.8 Å². The molecule has 0 aliphatic carbocycles. The van der Waals surface area contributed by atoms with Gasteiger partial charge < -0.3 is 29.4 Å². The second-order valence-electron chi connectivity index (χ2n) is 11.4. The second kappa shape index (κ2) is 16.1. The van der Waals surface area contributed by atoms with E-state index in [-0.39, 0.29) is 37.4 Å². The lowest BCUT2D eigenvalue weighted by molar-refractivity contribution is -0.148. The van der Waals surface area contributed by atoms with Crippen LogP contribution in [0.2, 0.25) is 0 Å². The van der Waals surface area contributed by atoms with Crippen LogP contribution in [0, 0.1) is 11.8 Å². The molecule has 0 amide bonds. The number of esters is 3. The van der Waals surface area contributed by atoms with Gasteiger partial charge in [0, 0.05) is 12.8 Å². The third-order valence-electron chi connectivity index (χ3n) is 5.21. The highest BCUT2D eigenvalue weighted by Gasteiger charge is 2.23. The van der Waals surface area contributed by atoms with Crippen molar-refractivity contribution in [2.45, 2.75) is 105 Å². The van der Waals surface area contributed by atoms with Crippen LogP contribution in [-0.4, -0.2) is 48.4 Å². The van der Waals surface area contributed by atoms with Gasteiger partial charge in [0.05, 0.1) is 0 Å². The molecule has 0 spiro atoms. The van der Waals surface area contributed by atoms with Crippen LogP contribution in [0.5, 0.6) is 11.5 Å². The molecule has 0 aliphatic heterocycles. The Bertz CT molecular complexity index is 966. The van der Waals surface area contributed by atoms with Crippen LogP contribution in [0.3, 0.4) is 0 Å². The molecule has 1 aromatic rings. The molecule has 0 heterocycles. The summed E-state index contributed by atoms with van der Waals surface area (Å²) < 4.78 is 26.3. The summed E-state index contributed by atoms with van der Waals surface area (Å²) in [6, 6.07) is 3.64. The number of hydrogen-bond acceptors (Lipinski definition) is 10. The molecule has 10 nitrogen and oxygen atoms in total. The highest BCUT2D eigenvalue weighted by atomic mass is 16.7. The fourth-order valence-electron chi connectivity index (χ4n) is 3.12. The molecule has 2 atom stereocenters. The lowest BCUT2D eigenvalue weighted by Crippen LogP contribution is -2.36. The molecule has 0 saturated heterocycles. The van der Waals surface area contributed by atoms with Crippen LogP contribution in [0.4, 0.5) is 4.79 Å². The molecule has 0 radical (unpaired) electrons. The SMILES string of the molecule is CC(C)CCC(=O)Oc1ccc(C[C@H](N)C(=O)OC[C@H](C)OC(=O)OC(C)(C)C)cc1OC(=O)CCC(C)C. The van der Waals surface area contributed by atoms with Crippen LogP contribution < -0.4 is 15.2 Å². The van der Waals surface area contributed by atoms with Crippen molar-refractivity contribution in [3.8, 4) is 11.5 Å². The molecule has 220 valence electrons. The van der Waals surface area contributed by atoms with Crippen molar-refractivity contribution >= 4 is 24.1 Å². The van der Waals surface area contributed by atoms with Gasteiger partial charge in [-0.2, -0.15) is 0 Å². The standard InChI is InChI=1S/C29H45NO9/c1-18(2)9-13-25(31)37-23-12-11-21(16-24(23)38-26(32)14-10-19(3)4)15-22(30)27(33)35-17-20(5)36-28(34)39-29(6,7)8/h11-12,16,18-20,22H,9-10,13-15,17,30H2,1-8H3/t20-,22-/m0/s1. The summed E-state index contributed by atoms with van der Waals surface area (Å²) in [4.78, 5) is 48.9. The Morgan fingerprint density at radius 3 is 1.90 bits per heavy atom. The van der Waals surface area contributed by atoms with Crippen LogP contribution in [0.1, 0.15) is 86.6 Å². The van der Waals surface area contributed by atoms with Crippen molar-refractivity contribution in [1.29, 1.82) is 0 Å². The fraction of sp³-hybridized carbons (Fsp3) is 0.655. The van der Waals surface area contributed by atoms with E-state index in [1.165, 1.54) is 12.1 Å². The van der Waals surface area contributed by atoms with Gasteiger partial charge in [0.25, 0.3) is 0 Å². The summed E-state index contributed by atoms with van der Waals surface area (Å²) in [5.41, 5.74) is 5.91. The van der Waals surface area contributed by atoms with E-state index >= 15 is 0 Å². The maximum absolute atomic E-state index is 12.4. The average Bonchev–Trinajstić information content (AvgIpc) is 2.80. The Morgan fingerprint density at radius 1 is 0.846 bits per heavy atom. The van der Waals surface area contributed by atoms with Crippen molar-refractivity contribution in [3.05, 3.63) is 23.8 Å². The predicted molar refractivity (Wildman–Crippen MR) is 145 cm³/mol. The van der Waals surface area contributed by atoms with Crippen molar-refractivity contribution in [3.63, 3.8) is 0 Å². The molecule has 0 bridgehead atoms. The zero-order chi connectivity index (χ0) is 29.8. The van der Waals surface area contributed by atoms with Gasteiger partial charge in [0.1, 0.15) is 24.4 Å². The summed E-state index contributed by atoms with van der Waals surface area (Å²) in [7, 11) is 0. The minimum Gasteiger partial charge on any atom is -0.461 e. The third-order valence-corrected chi connectivity index (χ3v) is 5.21. The van der Waals surface area contributed by atoms with Gasteiger partial charge in [-0.3, -0.25) is 14.4 Å². The topological polar surface area (TPSA) is 140 Å². The number of carbonyl (C=O) groups excluding carboxylic acids is 4. The first kappa shape index (κ1) is 33.9. The molecule has 39 heavy (non-hydrogen) atoms. The largest absolute Gasteiger partial charge is 0.509 e. The maximum atomic E-state index is 12.4. The highest BCUT2D eigenvalue weighted by molar-refractivity contribution is 5.77. The summed E-state index contributed by atoms with van der Waals surface area (Å²) in [5, 5.41) is 0. The normalized spacial score (nSPS) is 13.0. The van der Waals surface area contributed by atoms with Crippen LogP contribution in [0.15, 0.2) is 18.2 Å². The van der Waals surface area contributed by atoms with Crippen molar-refractivity contribution in [2.24, 2.45) is 17.6 Å². The first-order valence-electron chi connectivity index (χ1n) is 13.4. The number of rotatable bonds is 14. The van der Waals surface area contributed by atoms with E-state index in [0.717, 1.165) is 0 Å². The van der Waals surface area contributed by atoms with E-state index in [4.69, 9.17) is 29.4 Å². The number of ether oxygens (including phenoxy) is 5. The molecular formula is C29H45NO9. The van der Waals surface area contributed by atoms with Crippen molar-refractivity contribution < 1.29 is 42.9 Å². The zero-order valence-electron chi connectivity index (χ0n) is 24.5. The lowest BCUT2D eigenvalue weighted by atomic mass is 10.1. The van der Waals surface area contributed by atoms with Gasteiger partial charge in [-0.15, -0.1) is 0 Å². The molecule has 2 N–H and O–H groups in total. The predicted octanol–water partition coefficient (Wildman–Crippen LogP) is 5.12. The fourth-order valence-corrected chi connectivity index (χ4v) is 3.12. The summed E-state index contributed by atoms with van der Waals surface area (Å²) >= 11 is 0. The van der Waals surface area contributed by atoms with Crippen molar-refractivity contribution in [2.75, 3.05) is 6.61 Å². The van der Waals surface area contributed by atoms with Crippen LogP contribution in [0.25, 0.3) is 0 Å². The molecule has 10 heteroatoms. The van der Waals surface area contributed by atoms with Crippen LogP contribution >= 0.6 is 0 Å². The van der Waals surface area contributed by atoms with Gasteiger partial charge in [-0.1, -0.05) is 33.8 Å². The van der Waals surface area contributed by atoms with Gasteiger partial charge in [0.15, 0.2) is 11.5 Å². The first-order valence-corrected chi connectivity index (χ1v) is 13.4. The van der Waals surface area contributed by atoms with Gasteiger partial charge in [0.2, 0.25) is 0 Å². The summed E-state index contributed by atoms with van der Waals surface area (Å²) in [6.45, 7) is 14.5. The smallest absolute Gasteiger partial charge is 0.461 e. The number of nitrogens with two attached hydrogens (primary N) is 1. The highest BCUT2D eigenvalue weighted by Crippen LogP contribution is 2.30. The number of carbonyl (C=O) groups is 4. The number of benzene rings is 1. The zero-order valence-corrected chi connectivity index (χ0v) is 24.5. The first-order chi connectivity index (χ1) is 18.1. The van der Waals surface area contributed by atoms with Crippen molar-refractivity contribution in [1.82, 2.24) is 0 Å². The quantitative estimate of drug-likeness (QED) is 0.244. The second-order valence-corrected chi connectivity index (χ2v) is 11.4. The van der Waals surface area contributed by atoms with Gasteiger partial charge in [-0.25, -0.2) is 4.79 Å². The van der Waals surface area contributed by atoms with Gasteiger partial charge in [-0.05, 0) is 76.5 Å². The molecule has 0 aromatic heterocycles. The molecule has 1 aromatic carbocycles. The number of hydrogen-bond donors (Lipinski definition) is 1. The molecule has 0 unspecified atom stereocenters. The Kier molecular flexibility index (Phi) is 14.0. The van der Waals surface area contributed by atoms with E-state index in [9.17, 15) is 19.2 Å². The molecule has 0 fully saturated rings. The summed E-state index contributed by atoms with van der Waals surface area (Å²) in [6.07, 6.45) is 0.213. The minimum absolute atomic E-state index is 0.0677. The lowest BCUT2D eigenvalue weighted by Gasteiger charge is -2.21. The summed E-state index contributed by atoms with van der Waals surface area (Å²) in [5.74, 6) is -0.732. The van der Waals surface area contributed by atoms with E-state index in [2.05, 4.69) is 0 Å². The Labute approximate surface area is 231 Å². The minimum atomic E-state index is -1.04. The molecule has 0 saturated carbocycles. The van der Waals surface area contributed by atoms with E-state index in [1.807, 2.05) is 27.7 Å². The Morgan fingerprint density at radius 2 is 1.38 bits per heavy atom.